The lowest BCUT2D eigenvalue weighted by molar-refractivity contribution is 0.0264. The van der Waals surface area contributed by atoms with Crippen LogP contribution >= 0.6 is 24.8 Å². The quantitative estimate of drug-likeness (QED) is 0.682. The third kappa shape index (κ3) is 2.72. The van der Waals surface area contributed by atoms with Crippen molar-refractivity contribution in [3.8, 4) is 0 Å². The summed E-state index contributed by atoms with van der Waals surface area (Å²) in [5.41, 5.74) is 6.49. The first-order valence-electron chi connectivity index (χ1n) is 4.64. The summed E-state index contributed by atoms with van der Waals surface area (Å²) in [6.07, 6.45) is 5.36. The number of hydrogen-bond donors (Lipinski definition) is 1. The highest BCUT2D eigenvalue weighted by Crippen LogP contribution is 2.47. The molecule has 4 heteroatoms. The van der Waals surface area contributed by atoms with Gasteiger partial charge in [-0.2, -0.15) is 0 Å². The van der Waals surface area contributed by atoms with Gasteiger partial charge in [-0.1, -0.05) is 0 Å². The van der Waals surface area contributed by atoms with Gasteiger partial charge in [0.05, 0.1) is 0 Å². The largest absolute Gasteiger partial charge is 0.328 e. The van der Waals surface area contributed by atoms with Crippen molar-refractivity contribution in [2.45, 2.75) is 31.7 Å². The highest BCUT2D eigenvalue weighted by molar-refractivity contribution is 5.85. The predicted molar refractivity (Wildman–Crippen MR) is 60.9 cm³/mol. The van der Waals surface area contributed by atoms with Crippen LogP contribution in [-0.4, -0.2) is 31.1 Å². The van der Waals surface area contributed by atoms with Gasteiger partial charge in [0.25, 0.3) is 0 Å². The van der Waals surface area contributed by atoms with Crippen LogP contribution in [0.15, 0.2) is 0 Å². The Balaban J connectivity index is 0.000000720. The van der Waals surface area contributed by atoms with Crippen molar-refractivity contribution in [2.24, 2.45) is 11.1 Å². The van der Waals surface area contributed by atoms with E-state index in [4.69, 9.17) is 5.73 Å². The Morgan fingerprint density at radius 1 is 1.15 bits per heavy atom. The number of piperidine rings is 1. The van der Waals surface area contributed by atoms with Crippen molar-refractivity contribution in [1.29, 1.82) is 0 Å². The molecule has 0 aromatic rings. The molecule has 2 fully saturated rings. The average Bonchev–Trinajstić information content (AvgIpc) is 1.92. The molecule has 1 aliphatic heterocycles. The lowest BCUT2D eigenvalue weighted by Crippen LogP contribution is -2.51. The van der Waals surface area contributed by atoms with Crippen LogP contribution in [0.25, 0.3) is 0 Å². The standard InChI is InChI=1S/C9H18N2.2ClH/c1-11-4-2-9(3-5-11)6-8(10)7-9;;/h8H,2-7,10H2,1H3;2*1H. The maximum absolute atomic E-state index is 5.81. The number of halogens is 2. The number of likely N-dealkylation sites (tertiary alicyclic amines) is 1. The molecule has 2 rings (SSSR count). The molecule has 0 aromatic heterocycles. The highest BCUT2D eigenvalue weighted by atomic mass is 35.5. The van der Waals surface area contributed by atoms with E-state index < -0.39 is 0 Å². The molecule has 1 spiro atoms. The van der Waals surface area contributed by atoms with Gasteiger partial charge in [-0.25, -0.2) is 0 Å². The molecule has 0 atom stereocenters. The maximum atomic E-state index is 5.81. The average molecular weight is 227 g/mol. The van der Waals surface area contributed by atoms with Crippen LogP contribution in [0.5, 0.6) is 0 Å². The molecular weight excluding hydrogens is 207 g/mol. The summed E-state index contributed by atoms with van der Waals surface area (Å²) in [5.74, 6) is 0. The van der Waals surface area contributed by atoms with Gasteiger partial charge in [0.15, 0.2) is 0 Å². The number of hydrogen-bond acceptors (Lipinski definition) is 2. The van der Waals surface area contributed by atoms with Crippen LogP contribution in [-0.2, 0) is 0 Å². The molecule has 0 amide bonds. The minimum atomic E-state index is 0. The molecule has 2 N–H and O–H groups in total. The Kier molecular flexibility index (Phi) is 5.02. The zero-order chi connectivity index (χ0) is 7.90. The van der Waals surface area contributed by atoms with Crippen molar-refractivity contribution in [3.63, 3.8) is 0 Å². The summed E-state index contributed by atoms with van der Waals surface area (Å²) in [4.78, 5) is 2.43. The first-order chi connectivity index (χ1) is 5.20. The van der Waals surface area contributed by atoms with Crippen molar-refractivity contribution < 1.29 is 0 Å². The molecule has 0 aromatic carbocycles. The van der Waals surface area contributed by atoms with Gasteiger partial charge in [0.1, 0.15) is 0 Å². The fraction of sp³-hybridized carbons (Fsp3) is 1.00. The molecule has 1 aliphatic carbocycles. The fourth-order valence-electron chi connectivity index (χ4n) is 2.55. The van der Waals surface area contributed by atoms with Crippen LogP contribution < -0.4 is 5.73 Å². The molecule has 13 heavy (non-hydrogen) atoms. The maximum Gasteiger partial charge on any atom is 0.00494 e. The third-order valence-electron chi connectivity index (χ3n) is 3.44. The van der Waals surface area contributed by atoms with Gasteiger partial charge in [0.2, 0.25) is 0 Å². The van der Waals surface area contributed by atoms with E-state index in [9.17, 15) is 0 Å². The zero-order valence-electron chi connectivity index (χ0n) is 8.16. The SMILES string of the molecule is CN1CCC2(CC1)CC(N)C2.Cl.Cl. The normalized spacial score (nSPS) is 27.2. The zero-order valence-corrected chi connectivity index (χ0v) is 9.79. The van der Waals surface area contributed by atoms with Crippen LogP contribution in [0.3, 0.4) is 0 Å². The molecule has 1 saturated carbocycles. The van der Waals surface area contributed by atoms with Crippen LogP contribution in [0.2, 0.25) is 0 Å². The molecule has 0 radical (unpaired) electrons. The molecular formula is C9H20Cl2N2. The molecule has 1 heterocycles. The fourth-order valence-corrected chi connectivity index (χ4v) is 2.55. The van der Waals surface area contributed by atoms with Crippen LogP contribution in [0.1, 0.15) is 25.7 Å². The summed E-state index contributed by atoms with van der Waals surface area (Å²) in [6.45, 7) is 2.57. The second-order valence-electron chi connectivity index (χ2n) is 4.47. The van der Waals surface area contributed by atoms with Gasteiger partial charge < -0.3 is 10.6 Å². The first kappa shape index (κ1) is 13.5. The second kappa shape index (κ2) is 4.83. The van der Waals surface area contributed by atoms with E-state index in [2.05, 4.69) is 11.9 Å². The lowest BCUT2D eigenvalue weighted by Gasteiger charge is -2.50. The Hall–Kier alpha value is 0.500. The molecule has 1 saturated heterocycles. The Morgan fingerprint density at radius 3 is 2.00 bits per heavy atom. The molecule has 0 bridgehead atoms. The lowest BCUT2D eigenvalue weighted by atomic mass is 9.61. The van der Waals surface area contributed by atoms with E-state index in [1.165, 1.54) is 38.8 Å². The predicted octanol–water partition coefficient (Wildman–Crippen LogP) is 1.66. The summed E-state index contributed by atoms with van der Waals surface area (Å²) >= 11 is 0. The molecule has 0 unspecified atom stereocenters. The van der Waals surface area contributed by atoms with E-state index in [-0.39, 0.29) is 24.8 Å². The van der Waals surface area contributed by atoms with Crippen molar-refractivity contribution in [3.05, 3.63) is 0 Å². The number of rotatable bonds is 0. The molecule has 80 valence electrons. The van der Waals surface area contributed by atoms with Crippen molar-refractivity contribution in [2.75, 3.05) is 20.1 Å². The summed E-state index contributed by atoms with van der Waals surface area (Å²) in [5, 5.41) is 0. The van der Waals surface area contributed by atoms with Crippen LogP contribution in [0, 0.1) is 5.41 Å². The van der Waals surface area contributed by atoms with Crippen LogP contribution in [0.4, 0.5) is 0 Å². The van der Waals surface area contributed by atoms with E-state index in [0.29, 0.717) is 11.5 Å². The van der Waals surface area contributed by atoms with E-state index in [1.54, 1.807) is 0 Å². The minimum absolute atomic E-state index is 0. The van der Waals surface area contributed by atoms with E-state index in [0.717, 1.165) is 0 Å². The smallest absolute Gasteiger partial charge is 0.00494 e. The Morgan fingerprint density at radius 2 is 1.62 bits per heavy atom. The topological polar surface area (TPSA) is 29.3 Å². The van der Waals surface area contributed by atoms with Gasteiger partial charge in [-0.15, -0.1) is 24.8 Å². The van der Waals surface area contributed by atoms with Gasteiger partial charge in [-0.05, 0) is 51.2 Å². The third-order valence-corrected chi connectivity index (χ3v) is 3.44. The Bertz CT molecular complexity index is 148. The number of nitrogens with zero attached hydrogens (tertiary/aromatic N) is 1. The first-order valence-corrected chi connectivity index (χ1v) is 4.64. The minimum Gasteiger partial charge on any atom is -0.328 e. The van der Waals surface area contributed by atoms with Gasteiger partial charge in [0, 0.05) is 6.04 Å². The summed E-state index contributed by atoms with van der Waals surface area (Å²) < 4.78 is 0. The van der Waals surface area contributed by atoms with Gasteiger partial charge >= 0.3 is 0 Å². The highest BCUT2D eigenvalue weighted by Gasteiger charge is 2.43. The monoisotopic (exact) mass is 226 g/mol. The molecule has 2 aliphatic rings. The van der Waals surface area contributed by atoms with Gasteiger partial charge in [-0.3, -0.25) is 0 Å². The summed E-state index contributed by atoms with van der Waals surface area (Å²) in [6, 6.07) is 0.526. The van der Waals surface area contributed by atoms with Crippen molar-refractivity contribution >= 4 is 24.8 Å². The van der Waals surface area contributed by atoms with E-state index in [1.807, 2.05) is 0 Å². The Labute approximate surface area is 93.1 Å². The summed E-state index contributed by atoms with van der Waals surface area (Å²) in [7, 11) is 2.21. The number of nitrogens with two attached hydrogens (primary N) is 1. The second-order valence-corrected chi connectivity index (χ2v) is 4.47. The van der Waals surface area contributed by atoms with Crippen molar-refractivity contribution in [1.82, 2.24) is 4.90 Å². The molecule has 2 nitrogen and oxygen atoms in total. The van der Waals surface area contributed by atoms with E-state index >= 15 is 0 Å².